The molecule has 0 spiro atoms. The standard InChI is InChI=1S/C6H11N3.C6H10N2.2C6H9NO.2C5H10N4.2C5H9N3.C5H8N2O/c1-5(2)6-4-7-8-9(6)3;2*1-5(2)6-3-7-8-4-6;1-5(2)6-3-4-8-7-6;1-4(2)5-6-7-8-9(5)3;1-4(2)5-6-8-9(3)7-5;1-4(2)5-6-3-7-8-5;1-4(2)5-3-6-8-7-5;1-4(2)5-7-6-3-8-5/h4-5H,1-3H3;3-5H,1-2H3,(H,7,8);2*3-5H,1-2H3;2*4H,1-3H3;2*3-4H,1-2H3,(H,6,7,8);3-4H,1-2H3. The maximum absolute atomic E-state index is 4.87. The van der Waals surface area contributed by atoms with Crippen LogP contribution in [-0.4, -0.2) is 117 Å². The van der Waals surface area contributed by atoms with Crippen molar-refractivity contribution < 1.29 is 13.5 Å². The molecule has 0 aliphatic rings. The van der Waals surface area contributed by atoms with Crippen molar-refractivity contribution in [3.05, 3.63) is 114 Å². The van der Waals surface area contributed by atoms with Crippen LogP contribution < -0.4 is 0 Å². The molecule has 414 valence electrons. The second-order valence-corrected chi connectivity index (χ2v) is 19.4. The molecule has 0 amide bonds. The molecule has 0 unspecified atom stereocenters. The Labute approximate surface area is 441 Å². The molecule has 0 radical (unpaired) electrons. The number of nitrogens with zero attached hydrogens (tertiary/aromatic N) is 20. The lowest BCUT2D eigenvalue weighted by Crippen LogP contribution is -2.00. The van der Waals surface area contributed by atoms with Crippen molar-refractivity contribution >= 4 is 0 Å². The number of hydrogen-bond acceptors (Lipinski definition) is 20. The lowest BCUT2D eigenvalue weighted by atomic mass is 10.1. The molecule has 0 bridgehead atoms. The lowest BCUT2D eigenvalue weighted by Gasteiger charge is -2.01. The third-order valence-corrected chi connectivity index (χ3v) is 9.78. The zero-order valence-corrected chi connectivity index (χ0v) is 48.1. The lowest BCUT2D eigenvalue weighted by molar-refractivity contribution is 0.408. The number of rotatable bonds is 9. The summed E-state index contributed by atoms with van der Waals surface area (Å²) >= 11 is 0. The molecule has 0 aromatic carbocycles. The van der Waals surface area contributed by atoms with Gasteiger partial charge in [0.15, 0.2) is 11.6 Å². The van der Waals surface area contributed by atoms with E-state index < -0.39 is 0 Å². The van der Waals surface area contributed by atoms with E-state index >= 15 is 0 Å². The molecule has 0 fully saturated rings. The molecule has 0 saturated carbocycles. The molecule has 0 aliphatic carbocycles. The zero-order valence-electron chi connectivity index (χ0n) is 48.1. The van der Waals surface area contributed by atoms with Crippen LogP contribution in [0.2, 0.25) is 0 Å². The van der Waals surface area contributed by atoms with E-state index in [2.05, 4.69) is 209 Å². The van der Waals surface area contributed by atoms with Gasteiger partial charge in [-0.1, -0.05) is 140 Å². The molecule has 0 aliphatic heterocycles. The Balaban J connectivity index is 0.000000422. The van der Waals surface area contributed by atoms with Crippen LogP contribution in [0.4, 0.5) is 0 Å². The third-order valence-electron chi connectivity index (χ3n) is 9.78. The first-order valence-corrected chi connectivity index (χ1v) is 25.0. The molecule has 3 N–H and O–H groups in total. The van der Waals surface area contributed by atoms with Gasteiger partial charge in [-0.15, -0.1) is 30.6 Å². The van der Waals surface area contributed by atoms with Gasteiger partial charge in [-0.3, -0.25) is 14.9 Å². The van der Waals surface area contributed by atoms with Crippen LogP contribution in [0, 0.1) is 0 Å². The molecule has 26 nitrogen and oxygen atoms in total. The smallest absolute Gasteiger partial charge is 0.218 e. The van der Waals surface area contributed by atoms with E-state index in [1.54, 1.807) is 47.5 Å². The summed E-state index contributed by atoms with van der Waals surface area (Å²) in [6, 6.07) is 1.88. The molecule has 9 rings (SSSR count). The Morgan fingerprint density at radius 3 is 1.49 bits per heavy atom. The summed E-state index contributed by atoms with van der Waals surface area (Å²) < 4.78 is 17.6. The SMILES string of the molecule is CC(C)c1ccon1.CC(C)c1cn[nH]c1.CC(C)c1cn[nH]n1.CC(C)c1cnnn1C.CC(C)c1cnoc1.CC(C)c1ncn[nH]1.CC(C)c1nnco1.CC(C)c1nnn(C)n1.CC(C)c1nnnn1C. The van der Waals surface area contributed by atoms with Crippen LogP contribution in [0.5, 0.6) is 0 Å². The summed E-state index contributed by atoms with van der Waals surface area (Å²) in [6.07, 6.45) is 15.2. The molecule has 75 heavy (non-hydrogen) atoms. The van der Waals surface area contributed by atoms with Crippen LogP contribution in [0.1, 0.15) is 229 Å². The molecule has 0 saturated heterocycles. The Morgan fingerprint density at radius 1 is 0.560 bits per heavy atom. The average molecular weight is 1040 g/mol. The normalized spacial score (nSPS) is 10.5. The van der Waals surface area contributed by atoms with Gasteiger partial charge in [-0.2, -0.15) is 30.4 Å². The van der Waals surface area contributed by atoms with Gasteiger partial charge in [-0.25, -0.2) is 9.67 Å². The molecular formula is C49H85N23O3. The van der Waals surface area contributed by atoms with E-state index in [0.29, 0.717) is 59.2 Å². The number of nitrogens with one attached hydrogen (secondary N) is 3. The Bertz CT molecular complexity index is 2240. The van der Waals surface area contributed by atoms with Crippen molar-refractivity contribution in [1.29, 1.82) is 0 Å². The summed E-state index contributed by atoms with van der Waals surface area (Å²) in [5.41, 5.74) is 5.64. The fraction of sp³-hybridized carbons (Fsp3) is 0.612. The molecule has 26 heteroatoms. The molecule has 9 aromatic heterocycles. The van der Waals surface area contributed by atoms with Crippen LogP contribution in [-0.2, 0) is 21.1 Å². The van der Waals surface area contributed by atoms with Crippen molar-refractivity contribution in [3.63, 3.8) is 0 Å². The number of aromatic nitrogens is 23. The topological polar surface area (TPSA) is 321 Å². The molecule has 9 aromatic rings. The van der Waals surface area contributed by atoms with Crippen LogP contribution in [0.25, 0.3) is 0 Å². The van der Waals surface area contributed by atoms with Crippen LogP contribution in [0.3, 0.4) is 0 Å². The summed E-state index contributed by atoms with van der Waals surface area (Å²) in [5, 5.41) is 67.8. The number of aromatic amines is 3. The first-order valence-electron chi connectivity index (χ1n) is 25.0. The van der Waals surface area contributed by atoms with E-state index in [1.807, 2.05) is 60.3 Å². The van der Waals surface area contributed by atoms with Crippen molar-refractivity contribution in [1.82, 2.24) is 117 Å². The quantitative estimate of drug-likeness (QED) is 0.121. The van der Waals surface area contributed by atoms with Gasteiger partial charge in [0.05, 0.1) is 48.9 Å². The summed E-state index contributed by atoms with van der Waals surface area (Å²) in [5.74, 6) is 7.56. The molecular weight excluding hydrogens is 959 g/mol. The number of hydrogen-bond donors (Lipinski definition) is 3. The van der Waals surface area contributed by atoms with Gasteiger partial charge in [0.25, 0.3) is 0 Å². The van der Waals surface area contributed by atoms with Gasteiger partial charge >= 0.3 is 0 Å². The highest BCUT2D eigenvalue weighted by Gasteiger charge is 2.07. The first-order chi connectivity index (χ1) is 35.5. The van der Waals surface area contributed by atoms with Crippen molar-refractivity contribution in [2.45, 2.75) is 178 Å². The largest absolute Gasteiger partial charge is 0.428 e. The van der Waals surface area contributed by atoms with Gasteiger partial charge in [0.2, 0.25) is 12.3 Å². The fourth-order valence-corrected chi connectivity index (χ4v) is 5.09. The highest BCUT2D eigenvalue weighted by Crippen LogP contribution is 2.13. The summed E-state index contributed by atoms with van der Waals surface area (Å²) in [7, 11) is 5.51. The van der Waals surface area contributed by atoms with Crippen molar-refractivity contribution in [2.24, 2.45) is 21.1 Å². The minimum atomic E-state index is 0.345. The van der Waals surface area contributed by atoms with Crippen molar-refractivity contribution in [3.8, 4) is 0 Å². The van der Waals surface area contributed by atoms with E-state index in [1.165, 1.54) is 28.8 Å². The maximum Gasteiger partial charge on any atom is 0.218 e. The Hall–Kier alpha value is -7.67. The number of tetrazole rings is 2. The van der Waals surface area contributed by atoms with Crippen LogP contribution >= 0.6 is 0 Å². The van der Waals surface area contributed by atoms with Crippen molar-refractivity contribution in [2.75, 3.05) is 0 Å². The summed E-state index contributed by atoms with van der Waals surface area (Å²) in [4.78, 5) is 5.42. The number of aryl methyl sites for hydroxylation is 3. The maximum atomic E-state index is 4.87. The molecule has 0 atom stereocenters. The van der Waals surface area contributed by atoms with E-state index in [0.717, 1.165) is 34.4 Å². The highest BCUT2D eigenvalue weighted by atomic mass is 16.5. The second-order valence-electron chi connectivity index (χ2n) is 19.4. The average Bonchev–Trinajstić information content (AvgIpc) is 4.21. The predicted molar refractivity (Wildman–Crippen MR) is 284 cm³/mol. The van der Waals surface area contributed by atoms with Gasteiger partial charge in [0.1, 0.15) is 24.7 Å². The van der Waals surface area contributed by atoms with E-state index in [4.69, 9.17) is 4.42 Å². The minimum Gasteiger partial charge on any atom is -0.428 e. The van der Waals surface area contributed by atoms with Gasteiger partial charge in [0, 0.05) is 55.6 Å². The van der Waals surface area contributed by atoms with Crippen LogP contribution in [0.15, 0.2) is 75.8 Å². The monoisotopic (exact) mass is 1040 g/mol. The van der Waals surface area contributed by atoms with E-state index in [-0.39, 0.29) is 0 Å². The number of H-pyrrole nitrogens is 3. The fourth-order valence-electron chi connectivity index (χ4n) is 5.09. The minimum absolute atomic E-state index is 0.345. The molecule has 9 heterocycles. The third kappa shape index (κ3) is 27.8. The first kappa shape index (κ1) is 65.3. The predicted octanol–water partition coefficient (Wildman–Crippen LogP) is 9.78. The second kappa shape index (κ2) is 36.3. The van der Waals surface area contributed by atoms with E-state index in [9.17, 15) is 0 Å². The Kier molecular flexibility index (Phi) is 31.6. The van der Waals surface area contributed by atoms with Gasteiger partial charge < -0.3 is 13.5 Å². The van der Waals surface area contributed by atoms with Gasteiger partial charge in [-0.05, 0) is 50.8 Å². The Morgan fingerprint density at radius 2 is 1.25 bits per heavy atom. The summed E-state index contributed by atoms with van der Waals surface area (Å²) in [6.45, 7) is 37.4. The highest BCUT2D eigenvalue weighted by molar-refractivity contribution is 5.07. The zero-order chi connectivity index (χ0) is 56.5.